The summed E-state index contributed by atoms with van der Waals surface area (Å²) in [6, 6.07) is 0. The molecular weight excluding hydrogens is 199 g/mol. The quantitative estimate of drug-likeness (QED) is 0.436. The lowest BCUT2D eigenvalue weighted by atomic mass is 9.95. The lowest BCUT2D eigenvalue weighted by Crippen LogP contribution is -2.03. The zero-order chi connectivity index (χ0) is 11.2. The molecule has 4 heteroatoms. The first kappa shape index (κ1) is 13.4. The maximum atomic E-state index is 11.0. The molecule has 14 heavy (non-hydrogen) atoms. The molecule has 1 N–H and O–H groups in total. The van der Waals surface area contributed by atoms with Crippen molar-refractivity contribution in [1.29, 1.82) is 0 Å². The molecule has 0 aliphatic heterocycles. The van der Waals surface area contributed by atoms with Gasteiger partial charge in [0.2, 0.25) is 0 Å². The smallest absolute Gasteiger partial charge is 0.324 e. The van der Waals surface area contributed by atoms with Crippen molar-refractivity contribution in [3.63, 3.8) is 0 Å². The van der Waals surface area contributed by atoms with Crippen molar-refractivity contribution in [2.75, 3.05) is 12.8 Å². The summed E-state index contributed by atoms with van der Waals surface area (Å²) in [7, 11) is -3.37. The summed E-state index contributed by atoms with van der Waals surface area (Å²) in [5.41, 5.74) is -0.338. The van der Waals surface area contributed by atoms with Gasteiger partial charge in [-0.15, -0.1) is 6.42 Å². The van der Waals surface area contributed by atoms with E-state index in [4.69, 9.17) is 15.8 Å². The molecule has 0 radical (unpaired) electrons. The predicted octanol–water partition coefficient (Wildman–Crippen LogP) is 2.42. The van der Waals surface area contributed by atoms with Crippen LogP contribution in [0.5, 0.6) is 0 Å². The highest BCUT2D eigenvalue weighted by atomic mass is 31.2. The van der Waals surface area contributed by atoms with Gasteiger partial charge in [-0.2, -0.15) is 0 Å². The number of hydrogen-bond acceptors (Lipinski definition) is 2. The van der Waals surface area contributed by atoms with Gasteiger partial charge < -0.3 is 9.42 Å². The molecule has 0 aromatic rings. The Kier molecular flexibility index (Phi) is 5.15. The molecule has 0 heterocycles. The molecule has 0 amide bonds. The molecule has 0 rings (SSSR count). The maximum absolute atomic E-state index is 11.0. The van der Waals surface area contributed by atoms with Crippen LogP contribution in [0, 0.1) is 17.8 Å². The van der Waals surface area contributed by atoms with Crippen LogP contribution in [-0.4, -0.2) is 17.7 Å². The first-order valence-electron chi connectivity index (χ1n) is 4.45. The average Bonchev–Trinajstić information content (AvgIpc) is 2.13. The van der Waals surface area contributed by atoms with E-state index in [0.717, 1.165) is 0 Å². The van der Waals surface area contributed by atoms with E-state index < -0.39 is 7.60 Å². The lowest BCUT2D eigenvalue weighted by Gasteiger charge is -2.11. The second kappa shape index (κ2) is 5.36. The van der Waals surface area contributed by atoms with Gasteiger partial charge in [0.1, 0.15) is 0 Å². The van der Waals surface area contributed by atoms with E-state index in [1.807, 2.05) is 13.8 Å². The van der Waals surface area contributed by atoms with Gasteiger partial charge in [0, 0.05) is 11.6 Å². The Hall–Kier alpha value is -0.550. The standard InChI is InChI=1S/C10H17O3P/c1-5-10(3,4)8-7-9-13-14(11,12)6-2/h1,7-8H,6,9H2,2-4H3,(H,11,12). The van der Waals surface area contributed by atoms with Crippen LogP contribution in [0.3, 0.4) is 0 Å². The highest BCUT2D eigenvalue weighted by Crippen LogP contribution is 2.40. The molecule has 0 aliphatic carbocycles. The van der Waals surface area contributed by atoms with Crippen LogP contribution in [0.4, 0.5) is 0 Å². The average molecular weight is 216 g/mol. The van der Waals surface area contributed by atoms with Crippen LogP contribution in [-0.2, 0) is 9.09 Å². The summed E-state index contributed by atoms with van der Waals surface area (Å²) >= 11 is 0. The minimum Gasteiger partial charge on any atom is -0.324 e. The summed E-state index contributed by atoms with van der Waals surface area (Å²) in [5.74, 6) is 2.58. The second-order valence-electron chi connectivity index (χ2n) is 3.52. The van der Waals surface area contributed by atoms with Crippen molar-refractivity contribution in [3.8, 4) is 12.3 Å². The first-order valence-corrected chi connectivity index (χ1v) is 6.21. The van der Waals surface area contributed by atoms with Crippen molar-refractivity contribution in [2.45, 2.75) is 20.8 Å². The Balaban J connectivity index is 3.99. The fraction of sp³-hybridized carbons (Fsp3) is 0.600. The molecule has 0 aromatic heterocycles. The Morgan fingerprint density at radius 2 is 2.21 bits per heavy atom. The zero-order valence-electron chi connectivity index (χ0n) is 8.86. The minimum atomic E-state index is -3.37. The van der Waals surface area contributed by atoms with Gasteiger partial charge in [-0.05, 0) is 13.8 Å². The van der Waals surface area contributed by atoms with E-state index in [1.165, 1.54) is 0 Å². The summed E-state index contributed by atoms with van der Waals surface area (Å²) in [4.78, 5) is 9.07. The maximum Gasteiger partial charge on any atom is 0.328 e. The van der Waals surface area contributed by atoms with Gasteiger partial charge in [0.25, 0.3) is 0 Å². The highest BCUT2D eigenvalue weighted by molar-refractivity contribution is 7.52. The molecule has 0 fully saturated rings. The molecule has 1 atom stereocenters. The van der Waals surface area contributed by atoms with E-state index in [9.17, 15) is 4.57 Å². The Bertz CT molecular complexity index is 286. The monoisotopic (exact) mass is 216 g/mol. The third kappa shape index (κ3) is 5.99. The van der Waals surface area contributed by atoms with Crippen molar-refractivity contribution in [1.82, 2.24) is 0 Å². The minimum absolute atomic E-state index is 0.118. The van der Waals surface area contributed by atoms with Gasteiger partial charge in [0.15, 0.2) is 0 Å². The SMILES string of the molecule is C#CC(C)(C)C=CCOP(=O)(O)CC. The van der Waals surface area contributed by atoms with Crippen molar-refractivity contribution in [2.24, 2.45) is 5.41 Å². The number of allylic oxidation sites excluding steroid dienone is 1. The topological polar surface area (TPSA) is 46.5 Å². The van der Waals surface area contributed by atoms with Gasteiger partial charge in [-0.1, -0.05) is 25.0 Å². The van der Waals surface area contributed by atoms with Crippen molar-refractivity contribution >= 4 is 7.60 Å². The van der Waals surface area contributed by atoms with Gasteiger partial charge in [-0.3, -0.25) is 4.57 Å². The molecule has 0 saturated heterocycles. The number of rotatable bonds is 5. The summed E-state index contributed by atoms with van der Waals surface area (Å²) in [6.07, 6.45) is 8.82. The molecule has 1 unspecified atom stereocenters. The van der Waals surface area contributed by atoms with E-state index in [1.54, 1.807) is 19.1 Å². The van der Waals surface area contributed by atoms with E-state index >= 15 is 0 Å². The molecule has 0 spiro atoms. The van der Waals surface area contributed by atoms with Gasteiger partial charge in [-0.25, -0.2) is 0 Å². The number of terminal acetylenes is 1. The molecule has 80 valence electrons. The fourth-order valence-corrected chi connectivity index (χ4v) is 1.14. The predicted molar refractivity (Wildman–Crippen MR) is 58.1 cm³/mol. The van der Waals surface area contributed by atoms with E-state index in [-0.39, 0.29) is 18.2 Å². The third-order valence-electron chi connectivity index (χ3n) is 1.68. The highest BCUT2D eigenvalue weighted by Gasteiger charge is 2.14. The fourth-order valence-electron chi connectivity index (χ4n) is 0.642. The molecule has 3 nitrogen and oxygen atoms in total. The molecule has 0 aromatic carbocycles. The second-order valence-corrected chi connectivity index (χ2v) is 5.68. The third-order valence-corrected chi connectivity index (χ3v) is 3.03. The van der Waals surface area contributed by atoms with Gasteiger partial charge in [0.05, 0.1) is 6.61 Å². The largest absolute Gasteiger partial charge is 0.328 e. The molecule has 0 aliphatic rings. The van der Waals surface area contributed by atoms with Crippen LogP contribution in [0.1, 0.15) is 20.8 Å². The number of hydrogen-bond donors (Lipinski definition) is 1. The van der Waals surface area contributed by atoms with E-state index in [2.05, 4.69) is 5.92 Å². The zero-order valence-corrected chi connectivity index (χ0v) is 9.75. The van der Waals surface area contributed by atoms with Crippen LogP contribution in [0.15, 0.2) is 12.2 Å². The van der Waals surface area contributed by atoms with Crippen LogP contribution in [0.2, 0.25) is 0 Å². The lowest BCUT2D eigenvalue weighted by molar-refractivity contribution is 0.288. The molecule has 0 bridgehead atoms. The van der Waals surface area contributed by atoms with Gasteiger partial charge >= 0.3 is 7.60 Å². The van der Waals surface area contributed by atoms with Crippen LogP contribution >= 0.6 is 7.60 Å². The summed E-state index contributed by atoms with van der Waals surface area (Å²) in [5, 5.41) is 0. The van der Waals surface area contributed by atoms with Crippen LogP contribution in [0.25, 0.3) is 0 Å². The first-order chi connectivity index (χ1) is 6.33. The summed E-state index contributed by atoms with van der Waals surface area (Å²) in [6.45, 7) is 5.48. The normalized spacial score (nSPS) is 16.5. The molecule has 0 saturated carbocycles. The van der Waals surface area contributed by atoms with E-state index in [0.29, 0.717) is 0 Å². The summed E-state index contributed by atoms with van der Waals surface area (Å²) < 4.78 is 15.8. The van der Waals surface area contributed by atoms with Crippen LogP contribution < -0.4 is 0 Å². The Morgan fingerprint density at radius 3 is 2.64 bits per heavy atom. The molecular formula is C10H17O3P. The Morgan fingerprint density at radius 1 is 1.64 bits per heavy atom. The van der Waals surface area contributed by atoms with Crippen molar-refractivity contribution < 1.29 is 14.0 Å². The Labute approximate surface area is 85.7 Å². The van der Waals surface area contributed by atoms with Crippen molar-refractivity contribution in [3.05, 3.63) is 12.2 Å².